The molecule has 0 saturated carbocycles. The van der Waals surface area contributed by atoms with Gasteiger partial charge >= 0.3 is 0 Å². The molecule has 3 nitrogen and oxygen atoms in total. The Morgan fingerprint density at radius 3 is 2.46 bits per heavy atom. The molecule has 0 aliphatic heterocycles. The number of hydrogen-bond donors (Lipinski definition) is 0. The summed E-state index contributed by atoms with van der Waals surface area (Å²) in [6.07, 6.45) is 0.528. The van der Waals surface area contributed by atoms with E-state index in [-0.39, 0.29) is 20.7 Å². The maximum absolute atomic E-state index is 13.6. The highest BCUT2D eigenvalue weighted by molar-refractivity contribution is 7.80. The fourth-order valence-electron chi connectivity index (χ4n) is 1.97. The van der Waals surface area contributed by atoms with Gasteiger partial charge in [-0.15, -0.1) is 0 Å². The highest BCUT2D eigenvalue weighted by Gasteiger charge is 2.10. The van der Waals surface area contributed by atoms with Gasteiger partial charge in [-0.1, -0.05) is 27.0 Å². The van der Waals surface area contributed by atoms with Crippen LogP contribution in [0.4, 0.5) is 4.39 Å². The molecule has 132 valence electrons. The van der Waals surface area contributed by atoms with E-state index in [1.54, 1.807) is 32.2 Å². The van der Waals surface area contributed by atoms with Crippen LogP contribution in [0, 0.1) is 5.82 Å². The van der Waals surface area contributed by atoms with Gasteiger partial charge in [-0.05, 0) is 48.1 Å². The lowest BCUT2D eigenvalue weighted by Gasteiger charge is -2.16. The van der Waals surface area contributed by atoms with Crippen molar-refractivity contribution >= 4 is 17.4 Å². The molecule has 0 spiro atoms. The second-order valence-corrected chi connectivity index (χ2v) is 5.39. The molecular weight excluding hydrogens is 325 g/mol. The molecule has 0 bridgehead atoms. The number of halogens is 1. The zero-order valence-corrected chi connectivity index (χ0v) is 13.6. The van der Waals surface area contributed by atoms with Crippen LogP contribution >= 0.6 is 12.2 Å². The first-order chi connectivity index (χ1) is 10.5. The van der Waals surface area contributed by atoms with Crippen molar-refractivity contribution < 1.29 is 13.9 Å². The Kier molecular flexibility index (Phi) is 9.00. The third-order valence-corrected chi connectivity index (χ3v) is 3.56. The average Bonchev–Trinajstić information content (AvgIpc) is 2.50. The molecule has 2 aromatic rings. The Labute approximate surface area is 150 Å². The molecule has 0 heterocycles. The number of benzene rings is 2. The molecule has 0 saturated heterocycles. The summed E-state index contributed by atoms with van der Waals surface area (Å²) in [7, 11) is 5.21. The molecule has 2 rings (SSSR count). The van der Waals surface area contributed by atoms with Crippen LogP contribution in [0.15, 0.2) is 42.5 Å². The standard InChI is InChI=1S/C17H18FNO2S.2CH4/c1-19(2)17(22)21-16-8-7-14(18)11-13(16)9-12-5-4-6-15(10-12)20-3;;/h4-8,10-11H,9H2,1-3H3;2*1H4. The zero-order valence-electron chi connectivity index (χ0n) is 12.8. The summed E-state index contributed by atoms with van der Waals surface area (Å²) < 4.78 is 24.4. The van der Waals surface area contributed by atoms with Gasteiger partial charge in [0.1, 0.15) is 17.3 Å². The van der Waals surface area contributed by atoms with Gasteiger partial charge in [0.25, 0.3) is 5.17 Å². The molecule has 0 aromatic heterocycles. The van der Waals surface area contributed by atoms with E-state index in [0.29, 0.717) is 17.3 Å². The van der Waals surface area contributed by atoms with Crippen LogP contribution < -0.4 is 9.47 Å². The normalized spacial score (nSPS) is 9.33. The van der Waals surface area contributed by atoms with Crippen LogP contribution in [0.5, 0.6) is 11.5 Å². The van der Waals surface area contributed by atoms with Crippen LogP contribution in [-0.4, -0.2) is 31.3 Å². The zero-order chi connectivity index (χ0) is 16.1. The molecular formula is C19H26FNO2S. The second-order valence-electron chi connectivity index (χ2n) is 5.04. The summed E-state index contributed by atoms with van der Waals surface area (Å²) in [5.74, 6) is 1.02. The van der Waals surface area contributed by atoms with Gasteiger partial charge in [0.2, 0.25) is 0 Å². The molecule has 5 heteroatoms. The molecule has 0 atom stereocenters. The van der Waals surface area contributed by atoms with Gasteiger partial charge in [-0.2, -0.15) is 0 Å². The molecule has 2 aromatic carbocycles. The summed E-state index contributed by atoms with van der Waals surface area (Å²) >= 11 is 5.15. The van der Waals surface area contributed by atoms with Crippen molar-refractivity contribution in [2.24, 2.45) is 0 Å². The first-order valence-corrected chi connectivity index (χ1v) is 7.21. The smallest absolute Gasteiger partial charge is 0.264 e. The van der Waals surface area contributed by atoms with Crippen molar-refractivity contribution in [3.63, 3.8) is 0 Å². The second kappa shape index (κ2) is 9.88. The van der Waals surface area contributed by atoms with Crippen molar-refractivity contribution in [1.29, 1.82) is 0 Å². The summed E-state index contributed by atoms with van der Waals surface area (Å²) in [6.45, 7) is 0. The lowest BCUT2D eigenvalue weighted by molar-refractivity contribution is 0.414. The lowest BCUT2D eigenvalue weighted by Crippen LogP contribution is -2.25. The first-order valence-electron chi connectivity index (χ1n) is 6.80. The molecule has 0 N–H and O–H groups in total. The average molecular weight is 351 g/mol. The van der Waals surface area contributed by atoms with E-state index in [2.05, 4.69) is 0 Å². The topological polar surface area (TPSA) is 21.7 Å². The van der Waals surface area contributed by atoms with Crippen molar-refractivity contribution in [3.8, 4) is 11.5 Å². The maximum Gasteiger partial charge on any atom is 0.264 e. The van der Waals surface area contributed by atoms with E-state index in [1.165, 1.54) is 12.1 Å². The van der Waals surface area contributed by atoms with Crippen LogP contribution in [0.25, 0.3) is 0 Å². The summed E-state index contributed by atoms with van der Waals surface area (Å²) in [5.41, 5.74) is 1.74. The Bertz CT molecular complexity index is 674. The minimum absolute atomic E-state index is 0. The number of methoxy groups -OCH3 is 1. The lowest BCUT2D eigenvalue weighted by atomic mass is 10.0. The van der Waals surface area contributed by atoms with Crippen LogP contribution in [-0.2, 0) is 6.42 Å². The highest BCUT2D eigenvalue weighted by atomic mass is 32.1. The van der Waals surface area contributed by atoms with Gasteiger partial charge in [0, 0.05) is 26.1 Å². The van der Waals surface area contributed by atoms with Gasteiger partial charge in [0.15, 0.2) is 0 Å². The van der Waals surface area contributed by atoms with Crippen LogP contribution in [0.3, 0.4) is 0 Å². The number of ether oxygens (including phenoxy) is 2. The van der Waals surface area contributed by atoms with Crippen LogP contribution in [0.2, 0.25) is 0 Å². The van der Waals surface area contributed by atoms with Crippen molar-refractivity contribution in [2.75, 3.05) is 21.2 Å². The van der Waals surface area contributed by atoms with E-state index < -0.39 is 0 Å². The Morgan fingerprint density at radius 1 is 1.12 bits per heavy atom. The largest absolute Gasteiger partial charge is 0.497 e. The fourth-order valence-corrected chi connectivity index (χ4v) is 2.06. The summed E-state index contributed by atoms with van der Waals surface area (Å²) in [6, 6.07) is 12.1. The van der Waals surface area contributed by atoms with Crippen molar-refractivity contribution in [2.45, 2.75) is 21.3 Å². The quantitative estimate of drug-likeness (QED) is 0.729. The van der Waals surface area contributed by atoms with Gasteiger partial charge in [-0.3, -0.25) is 0 Å². The van der Waals surface area contributed by atoms with E-state index >= 15 is 0 Å². The SMILES string of the molecule is C.C.COc1cccc(Cc2cc(F)ccc2OC(=S)N(C)C)c1. The van der Waals surface area contributed by atoms with Crippen molar-refractivity contribution in [1.82, 2.24) is 4.90 Å². The molecule has 0 aliphatic rings. The predicted molar refractivity (Wildman–Crippen MR) is 103 cm³/mol. The Morgan fingerprint density at radius 2 is 1.83 bits per heavy atom. The van der Waals surface area contributed by atoms with Gasteiger partial charge in [0.05, 0.1) is 7.11 Å². The highest BCUT2D eigenvalue weighted by Crippen LogP contribution is 2.25. The van der Waals surface area contributed by atoms with Gasteiger partial charge < -0.3 is 14.4 Å². The Hall–Kier alpha value is -2.14. The predicted octanol–water partition coefficient (Wildman–Crippen LogP) is 4.92. The van der Waals surface area contributed by atoms with E-state index in [0.717, 1.165) is 16.9 Å². The number of hydrogen-bond acceptors (Lipinski definition) is 3. The molecule has 0 fully saturated rings. The minimum Gasteiger partial charge on any atom is -0.497 e. The van der Waals surface area contributed by atoms with Crippen molar-refractivity contribution in [3.05, 3.63) is 59.4 Å². The molecule has 0 amide bonds. The third kappa shape index (κ3) is 5.81. The molecule has 24 heavy (non-hydrogen) atoms. The maximum atomic E-state index is 13.6. The third-order valence-electron chi connectivity index (χ3n) is 3.11. The van der Waals surface area contributed by atoms with Gasteiger partial charge in [-0.25, -0.2) is 4.39 Å². The van der Waals surface area contributed by atoms with Crippen LogP contribution in [0.1, 0.15) is 26.0 Å². The first kappa shape index (κ1) is 21.9. The number of thiocarbonyl (C=S) groups is 1. The van der Waals surface area contributed by atoms with E-state index in [1.807, 2.05) is 24.3 Å². The van der Waals surface area contributed by atoms with E-state index in [4.69, 9.17) is 21.7 Å². The fraction of sp³-hybridized carbons (Fsp3) is 0.316. The molecule has 0 radical (unpaired) electrons. The molecule has 0 unspecified atom stereocenters. The number of nitrogens with zero attached hydrogens (tertiary/aromatic N) is 1. The number of rotatable bonds is 4. The Balaban J connectivity index is 0.00000264. The monoisotopic (exact) mass is 351 g/mol. The van der Waals surface area contributed by atoms with E-state index in [9.17, 15) is 4.39 Å². The minimum atomic E-state index is -0.305. The summed E-state index contributed by atoms with van der Waals surface area (Å²) in [4.78, 5) is 1.69. The summed E-state index contributed by atoms with van der Waals surface area (Å²) in [5, 5.41) is 0.332. The molecule has 0 aliphatic carbocycles.